The van der Waals surface area contributed by atoms with Crippen molar-refractivity contribution in [3.8, 4) is 17.0 Å². The van der Waals surface area contributed by atoms with E-state index in [-0.39, 0.29) is 0 Å². The van der Waals surface area contributed by atoms with Crippen molar-refractivity contribution >= 4 is 17.3 Å². The van der Waals surface area contributed by atoms with E-state index >= 15 is 0 Å². The third kappa shape index (κ3) is 3.98. The van der Waals surface area contributed by atoms with Gasteiger partial charge in [-0.3, -0.25) is 4.98 Å². The number of ether oxygens (including phenoxy) is 1. The standard InChI is InChI=1S/C21H22ClN3O/c1-14-12-16(19-8-4-6-15(2)24-19)10-11-21(14)26-13-17-18(22)7-5-9-20(17)25(3)23/h4-12H,13,23H2,1-3H3. The van der Waals surface area contributed by atoms with Crippen LogP contribution < -0.4 is 15.6 Å². The average Bonchev–Trinajstić information content (AvgIpc) is 2.61. The van der Waals surface area contributed by atoms with Gasteiger partial charge in [-0.25, -0.2) is 5.84 Å². The van der Waals surface area contributed by atoms with E-state index < -0.39 is 0 Å². The molecular formula is C21H22ClN3O. The van der Waals surface area contributed by atoms with Crippen LogP contribution in [0, 0.1) is 13.8 Å². The van der Waals surface area contributed by atoms with Crippen LogP contribution in [-0.2, 0) is 6.61 Å². The van der Waals surface area contributed by atoms with Crippen LogP contribution in [0.1, 0.15) is 16.8 Å². The van der Waals surface area contributed by atoms with Crippen LogP contribution in [0.2, 0.25) is 5.02 Å². The van der Waals surface area contributed by atoms with Gasteiger partial charge in [0.1, 0.15) is 12.4 Å². The van der Waals surface area contributed by atoms with E-state index in [4.69, 9.17) is 22.2 Å². The Hall–Kier alpha value is -2.56. The molecule has 26 heavy (non-hydrogen) atoms. The Balaban J connectivity index is 1.82. The van der Waals surface area contributed by atoms with Crippen LogP contribution in [0.25, 0.3) is 11.3 Å². The Bertz CT molecular complexity index is 925. The van der Waals surface area contributed by atoms with E-state index in [1.54, 1.807) is 12.1 Å². The number of benzene rings is 2. The predicted octanol–water partition coefficient (Wildman–Crippen LogP) is 4.91. The van der Waals surface area contributed by atoms with Gasteiger partial charge < -0.3 is 9.75 Å². The summed E-state index contributed by atoms with van der Waals surface area (Å²) in [6, 6.07) is 17.7. The Morgan fingerprint density at radius 3 is 2.54 bits per heavy atom. The third-order valence-electron chi connectivity index (χ3n) is 4.21. The fourth-order valence-corrected chi connectivity index (χ4v) is 3.07. The van der Waals surface area contributed by atoms with Crippen LogP contribution in [0.15, 0.2) is 54.6 Å². The number of aromatic nitrogens is 1. The maximum Gasteiger partial charge on any atom is 0.122 e. The second kappa shape index (κ2) is 7.77. The minimum Gasteiger partial charge on any atom is -0.488 e. The Morgan fingerprint density at radius 2 is 1.85 bits per heavy atom. The normalized spacial score (nSPS) is 10.7. The number of rotatable bonds is 5. The summed E-state index contributed by atoms with van der Waals surface area (Å²) in [5.41, 5.74) is 5.77. The molecule has 2 aromatic carbocycles. The highest BCUT2D eigenvalue weighted by atomic mass is 35.5. The first kappa shape index (κ1) is 18.2. The van der Waals surface area contributed by atoms with Gasteiger partial charge in [0.2, 0.25) is 0 Å². The van der Waals surface area contributed by atoms with Crippen LogP contribution in [-0.4, -0.2) is 12.0 Å². The molecular weight excluding hydrogens is 346 g/mol. The molecule has 4 nitrogen and oxygen atoms in total. The second-order valence-corrected chi connectivity index (χ2v) is 6.69. The zero-order valence-electron chi connectivity index (χ0n) is 15.2. The molecule has 0 aliphatic heterocycles. The highest BCUT2D eigenvalue weighted by Crippen LogP contribution is 2.30. The van der Waals surface area contributed by atoms with Crippen molar-refractivity contribution < 1.29 is 4.74 Å². The van der Waals surface area contributed by atoms with Gasteiger partial charge in [0.05, 0.1) is 11.4 Å². The van der Waals surface area contributed by atoms with Gasteiger partial charge in [0.25, 0.3) is 0 Å². The van der Waals surface area contributed by atoms with Crippen molar-refractivity contribution in [1.29, 1.82) is 0 Å². The molecule has 0 amide bonds. The molecule has 0 spiro atoms. The first-order chi connectivity index (χ1) is 12.5. The lowest BCUT2D eigenvalue weighted by atomic mass is 10.1. The van der Waals surface area contributed by atoms with Crippen molar-refractivity contribution in [1.82, 2.24) is 4.98 Å². The molecule has 0 fully saturated rings. The maximum absolute atomic E-state index is 6.33. The Kier molecular flexibility index (Phi) is 5.45. The fraction of sp³-hybridized carbons (Fsp3) is 0.190. The monoisotopic (exact) mass is 367 g/mol. The molecule has 1 heterocycles. The van der Waals surface area contributed by atoms with Gasteiger partial charge in [0, 0.05) is 28.9 Å². The predicted molar refractivity (Wildman–Crippen MR) is 108 cm³/mol. The van der Waals surface area contributed by atoms with Crippen molar-refractivity contribution in [3.63, 3.8) is 0 Å². The molecule has 0 atom stereocenters. The molecule has 2 N–H and O–H groups in total. The van der Waals surface area contributed by atoms with Gasteiger partial charge in [-0.1, -0.05) is 23.7 Å². The summed E-state index contributed by atoms with van der Waals surface area (Å²) in [7, 11) is 1.78. The molecule has 0 aliphatic carbocycles. The summed E-state index contributed by atoms with van der Waals surface area (Å²) in [6.07, 6.45) is 0. The smallest absolute Gasteiger partial charge is 0.122 e. The first-order valence-electron chi connectivity index (χ1n) is 8.39. The van der Waals surface area contributed by atoms with E-state index in [0.29, 0.717) is 11.6 Å². The largest absolute Gasteiger partial charge is 0.488 e. The zero-order valence-corrected chi connectivity index (χ0v) is 15.9. The molecule has 0 saturated carbocycles. The molecule has 3 rings (SSSR count). The molecule has 0 bridgehead atoms. The molecule has 134 valence electrons. The zero-order chi connectivity index (χ0) is 18.7. The van der Waals surface area contributed by atoms with E-state index in [9.17, 15) is 0 Å². The number of anilines is 1. The van der Waals surface area contributed by atoms with Gasteiger partial charge in [-0.05, 0) is 61.9 Å². The lowest BCUT2D eigenvalue weighted by Gasteiger charge is -2.19. The summed E-state index contributed by atoms with van der Waals surface area (Å²) in [6.45, 7) is 4.36. The summed E-state index contributed by atoms with van der Waals surface area (Å²) >= 11 is 6.33. The van der Waals surface area contributed by atoms with Crippen molar-refractivity contribution in [2.24, 2.45) is 5.84 Å². The SMILES string of the molecule is Cc1cccc(-c2ccc(OCc3c(Cl)cccc3N(C)N)c(C)c2)n1. The van der Waals surface area contributed by atoms with Crippen LogP contribution in [0.4, 0.5) is 5.69 Å². The lowest BCUT2D eigenvalue weighted by molar-refractivity contribution is 0.304. The van der Waals surface area contributed by atoms with Crippen molar-refractivity contribution in [2.45, 2.75) is 20.5 Å². The molecule has 5 heteroatoms. The van der Waals surface area contributed by atoms with E-state index in [2.05, 4.69) is 11.1 Å². The minimum atomic E-state index is 0.347. The molecule has 1 aromatic heterocycles. The van der Waals surface area contributed by atoms with Crippen molar-refractivity contribution in [3.05, 3.63) is 76.4 Å². The highest BCUT2D eigenvalue weighted by molar-refractivity contribution is 6.31. The van der Waals surface area contributed by atoms with E-state index in [1.165, 1.54) is 0 Å². The summed E-state index contributed by atoms with van der Waals surface area (Å²) < 4.78 is 6.02. The van der Waals surface area contributed by atoms with Gasteiger partial charge in [0.15, 0.2) is 0 Å². The van der Waals surface area contributed by atoms with Gasteiger partial charge >= 0.3 is 0 Å². The van der Waals surface area contributed by atoms with Crippen LogP contribution in [0.5, 0.6) is 5.75 Å². The van der Waals surface area contributed by atoms with Crippen LogP contribution >= 0.6 is 11.6 Å². The fourth-order valence-electron chi connectivity index (χ4n) is 2.85. The van der Waals surface area contributed by atoms with Gasteiger partial charge in [-0.15, -0.1) is 0 Å². The number of nitrogens with zero attached hydrogens (tertiary/aromatic N) is 2. The number of hydrazine groups is 1. The molecule has 0 saturated heterocycles. The lowest BCUT2D eigenvalue weighted by Crippen LogP contribution is -2.26. The van der Waals surface area contributed by atoms with E-state index in [1.807, 2.05) is 62.4 Å². The van der Waals surface area contributed by atoms with Gasteiger partial charge in [-0.2, -0.15) is 0 Å². The second-order valence-electron chi connectivity index (χ2n) is 6.28. The number of pyridine rings is 1. The number of aryl methyl sites for hydroxylation is 2. The van der Waals surface area contributed by atoms with E-state index in [0.717, 1.165) is 39.5 Å². The molecule has 3 aromatic rings. The quantitative estimate of drug-likeness (QED) is 0.514. The molecule has 0 aliphatic rings. The molecule has 0 unspecified atom stereocenters. The Morgan fingerprint density at radius 1 is 1.08 bits per heavy atom. The first-order valence-corrected chi connectivity index (χ1v) is 8.77. The maximum atomic E-state index is 6.33. The molecule has 0 radical (unpaired) electrons. The summed E-state index contributed by atoms with van der Waals surface area (Å²) in [5, 5.41) is 2.18. The number of hydrogen-bond acceptors (Lipinski definition) is 4. The average molecular weight is 368 g/mol. The topological polar surface area (TPSA) is 51.4 Å². The third-order valence-corrected chi connectivity index (χ3v) is 4.56. The highest BCUT2D eigenvalue weighted by Gasteiger charge is 2.11. The number of nitrogens with two attached hydrogens (primary N) is 1. The van der Waals surface area contributed by atoms with Crippen molar-refractivity contribution in [2.75, 3.05) is 12.1 Å². The summed E-state index contributed by atoms with van der Waals surface area (Å²) in [4.78, 5) is 4.57. The number of hydrogen-bond donors (Lipinski definition) is 1. The minimum absolute atomic E-state index is 0.347. The number of halogens is 1. The summed E-state index contributed by atoms with van der Waals surface area (Å²) in [5.74, 6) is 6.70. The van der Waals surface area contributed by atoms with Crippen LogP contribution in [0.3, 0.4) is 0 Å². The Labute approximate surface area is 159 Å².